The molecule has 0 atom stereocenters. The van der Waals surface area contributed by atoms with Gasteiger partial charge in [0.15, 0.2) is 5.78 Å². The van der Waals surface area contributed by atoms with E-state index in [2.05, 4.69) is 47.3 Å². The molecular formula is C19H19BrN2O. The van der Waals surface area contributed by atoms with Gasteiger partial charge < -0.3 is 4.57 Å². The summed E-state index contributed by atoms with van der Waals surface area (Å²) in [7, 11) is 0. The van der Waals surface area contributed by atoms with Crippen molar-refractivity contribution >= 4 is 21.7 Å². The van der Waals surface area contributed by atoms with E-state index in [1.165, 1.54) is 0 Å². The predicted molar refractivity (Wildman–Crippen MR) is 94.1 cm³/mol. The maximum Gasteiger partial charge on any atom is 0.165 e. The predicted octanol–water partition coefficient (Wildman–Crippen LogP) is 4.88. The van der Waals surface area contributed by atoms with Gasteiger partial charge in [0, 0.05) is 33.5 Å². The van der Waals surface area contributed by atoms with Crippen molar-refractivity contribution < 1.29 is 4.79 Å². The Kier molecular flexibility index (Phi) is 3.72. The SMILES string of the molecule is Cc1c2c(n(-c3ccc(C#N)c(Br)c3)c1C)CC(C)(C)CC2=O. The minimum absolute atomic E-state index is 0.0249. The highest BCUT2D eigenvalue weighted by Gasteiger charge is 2.36. The molecular weight excluding hydrogens is 352 g/mol. The smallest absolute Gasteiger partial charge is 0.165 e. The number of hydrogen-bond donors (Lipinski definition) is 0. The van der Waals surface area contributed by atoms with Gasteiger partial charge in [-0.2, -0.15) is 5.26 Å². The normalized spacial score (nSPS) is 16.1. The van der Waals surface area contributed by atoms with Crippen molar-refractivity contribution in [1.82, 2.24) is 4.57 Å². The summed E-state index contributed by atoms with van der Waals surface area (Å²) in [5.74, 6) is 0.239. The van der Waals surface area contributed by atoms with Crippen molar-refractivity contribution in [3.63, 3.8) is 0 Å². The van der Waals surface area contributed by atoms with Crippen molar-refractivity contribution in [3.8, 4) is 11.8 Å². The number of aromatic nitrogens is 1. The molecule has 0 fully saturated rings. The molecule has 4 heteroatoms. The van der Waals surface area contributed by atoms with Gasteiger partial charge in [0.05, 0.1) is 5.56 Å². The van der Waals surface area contributed by atoms with Crippen LogP contribution in [0.25, 0.3) is 5.69 Å². The average Bonchev–Trinajstić information content (AvgIpc) is 2.69. The van der Waals surface area contributed by atoms with E-state index in [9.17, 15) is 4.79 Å². The van der Waals surface area contributed by atoms with E-state index in [-0.39, 0.29) is 11.2 Å². The summed E-state index contributed by atoms with van der Waals surface area (Å²) >= 11 is 3.46. The summed E-state index contributed by atoms with van der Waals surface area (Å²) in [5.41, 5.74) is 5.73. The number of carbonyl (C=O) groups is 1. The van der Waals surface area contributed by atoms with Gasteiger partial charge in [-0.3, -0.25) is 4.79 Å². The molecule has 3 rings (SSSR count). The number of rotatable bonds is 1. The van der Waals surface area contributed by atoms with Gasteiger partial charge in [0.1, 0.15) is 6.07 Å². The molecule has 1 aliphatic rings. The molecule has 0 saturated heterocycles. The zero-order chi connectivity index (χ0) is 16.9. The highest BCUT2D eigenvalue weighted by atomic mass is 79.9. The van der Waals surface area contributed by atoms with Gasteiger partial charge in [-0.05, 0) is 65.4 Å². The van der Waals surface area contributed by atoms with E-state index in [0.717, 1.165) is 39.1 Å². The first-order valence-electron chi connectivity index (χ1n) is 7.69. The van der Waals surface area contributed by atoms with E-state index in [4.69, 9.17) is 5.26 Å². The van der Waals surface area contributed by atoms with Gasteiger partial charge >= 0.3 is 0 Å². The molecule has 1 heterocycles. The van der Waals surface area contributed by atoms with Crippen LogP contribution in [0.15, 0.2) is 22.7 Å². The van der Waals surface area contributed by atoms with Crippen molar-refractivity contribution in [2.24, 2.45) is 5.41 Å². The maximum atomic E-state index is 12.6. The molecule has 0 bridgehead atoms. The van der Waals surface area contributed by atoms with Gasteiger partial charge in [0.2, 0.25) is 0 Å². The monoisotopic (exact) mass is 370 g/mol. The summed E-state index contributed by atoms with van der Waals surface area (Å²) in [6.45, 7) is 8.37. The van der Waals surface area contributed by atoms with E-state index < -0.39 is 0 Å². The lowest BCUT2D eigenvalue weighted by Crippen LogP contribution is -2.28. The number of ketones is 1. The summed E-state index contributed by atoms with van der Waals surface area (Å²) < 4.78 is 2.95. The summed E-state index contributed by atoms with van der Waals surface area (Å²) in [6.07, 6.45) is 1.47. The van der Waals surface area contributed by atoms with Crippen molar-refractivity contribution in [2.45, 2.75) is 40.5 Å². The molecule has 0 N–H and O–H groups in total. The van der Waals surface area contributed by atoms with Crippen molar-refractivity contribution in [2.75, 3.05) is 0 Å². The van der Waals surface area contributed by atoms with Crippen LogP contribution in [0.1, 0.15) is 53.1 Å². The first-order valence-corrected chi connectivity index (χ1v) is 8.48. The Labute approximate surface area is 145 Å². The molecule has 1 aliphatic carbocycles. The van der Waals surface area contributed by atoms with E-state index >= 15 is 0 Å². The second-order valence-electron chi connectivity index (χ2n) is 7.08. The fraction of sp³-hybridized carbons (Fsp3) is 0.368. The fourth-order valence-electron chi connectivity index (χ4n) is 3.54. The number of hydrogen-bond acceptors (Lipinski definition) is 2. The molecule has 1 aromatic heterocycles. The van der Waals surface area contributed by atoms with Crippen LogP contribution in [0.2, 0.25) is 0 Å². The van der Waals surface area contributed by atoms with Gasteiger partial charge in [-0.1, -0.05) is 13.8 Å². The van der Waals surface area contributed by atoms with Crippen LogP contribution in [-0.2, 0) is 6.42 Å². The summed E-state index contributed by atoms with van der Waals surface area (Å²) in [5, 5.41) is 9.10. The average molecular weight is 371 g/mol. The number of halogens is 1. The third-order valence-electron chi connectivity index (χ3n) is 4.71. The fourth-order valence-corrected chi connectivity index (χ4v) is 3.99. The van der Waals surface area contributed by atoms with E-state index in [1.807, 2.05) is 25.1 Å². The molecule has 0 aliphatic heterocycles. The van der Waals surface area contributed by atoms with Crippen LogP contribution in [-0.4, -0.2) is 10.4 Å². The molecule has 118 valence electrons. The van der Waals surface area contributed by atoms with Crippen molar-refractivity contribution in [3.05, 3.63) is 50.8 Å². The van der Waals surface area contributed by atoms with Crippen LogP contribution in [0, 0.1) is 30.6 Å². The van der Waals surface area contributed by atoms with Gasteiger partial charge in [-0.25, -0.2) is 0 Å². The third-order valence-corrected chi connectivity index (χ3v) is 5.36. The Morgan fingerprint density at radius 2 is 1.96 bits per heavy atom. The van der Waals surface area contributed by atoms with Crippen LogP contribution < -0.4 is 0 Å². The number of Topliss-reactive ketones (excluding diaryl/α,β-unsaturated/α-hetero) is 1. The molecule has 0 unspecified atom stereocenters. The molecule has 0 radical (unpaired) electrons. The van der Waals surface area contributed by atoms with E-state index in [1.54, 1.807) is 0 Å². The zero-order valence-corrected chi connectivity index (χ0v) is 15.4. The lowest BCUT2D eigenvalue weighted by Gasteiger charge is -2.30. The Morgan fingerprint density at radius 1 is 1.26 bits per heavy atom. The molecule has 2 aromatic rings. The van der Waals surface area contributed by atoms with Crippen LogP contribution in [0.3, 0.4) is 0 Å². The summed E-state index contributed by atoms with van der Waals surface area (Å²) in [6, 6.07) is 7.88. The lowest BCUT2D eigenvalue weighted by molar-refractivity contribution is 0.0910. The van der Waals surface area contributed by atoms with Crippen LogP contribution in [0.4, 0.5) is 0 Å². The molecule has 0 saturated carbocycles. The first-order chi connectivity index (χ1) is 10.7. The Morgan fingerprint density at radius 3 is 2.57 bits per heavy atom. The van der Waals surface area contributed by atoms with Crippen LogP contribution >= 0.6 is 15.9 Å². The third kappa shape index (κ3) is 2.53. The van der Waals surface area contributed by atoms with Gasteiger partial charge in [-0.15, -0.1) is 0 Å². The molecule has 3 nitrogen and oxygen atoms in total. The highest BCUT2D eigenvalue weighted by molar-refractivity contribution is 9.10. The largest absolute Gasteiger partial charge is 0.317 e. The Balaban J connectivity index is 2.26. The zero-order valence-electron chi connectivity index (χ0n) is 13.8. The molecule has 23 heavy (non-hydrogen) atoms. The standard InChI is InChI=1S/C19H19BrN2O/c1-11-12(2)22(14-6-5-13(10-21)15(20)7-14)16-8-19(3,4)9-17(23)18(11)16/h5-7H,8-9H2,1-4H3. The van der Waals surface area contributed by atoms with Crippen molar-refractivity contribution in [1.29, 1.82) is 5.26 Å². The minimum Gasteiger partial charge on any atom is -0.317 e. The quantitative estimate of drug-likeness (QED) is 0.717. The number of nitrogens with zero attached hydrogens (tertiary/aromatic N) is 2. The highest BCUT2D eigenvalue weighted by Crippen LogP contribution is 2.39. The number of fused-ring (bicyclic) bond motifs is 1. The number of nitriles is 1. The lowest BCUT2D eigenvalue weighted by atomic mass is 9.75. The maximum absolute atomic E-state index is 12.6. The molecule has 0 amide bonds. The minimum atomic E-state index is -0.0249. The number of benzene rings is 1. The van der Waals surface area contributed by atoms with E-state index in [0.29, 0.717) is 12.0 Å². The Bertz CT molecular complexity index is 868. The second-order valence-corrected chi connectivity index (χ2v) is 7.94. The number of carbonyl (C=O) groups excluding carboxylic acids is 1. The molecule has 0 spiro atoms. The topological polar surface area (TPSA) is 45.8 Å². The summed E-state index contributed by atoms with van der Waals surface area (Å²) in [4.78, 5) is 12.6. The second kappa shape index (κ2) is 5.35. The van der Waals surface area contributed by atoms with Gasteiger partial charge in [0.25, 0.3) is 0 Å². The Hall–Kier alpha value is -1.86. The van der Waals surface area contributed by atoms with Crippen LogP contribution in [0.5, 0.6) is 0 Å². The first kappa shape index (κ1) is 16.0. The molecule has 1 aromatic carbocycles.